The van der Waals surface area contributed by atoms with E-state index in [0.717, 1.165) is 42.5 Å². The molecule has 4 rings (SSSR count). The van der Waals surface area contributed by atoms with Crippen LogP contribution in [0.3, 0.4) is 0 Å². The molecule has 2 aromatic carbocycles. The van der Waals surface area contributed by atoms with E-state index in [4.69, 9.17) is 0 Å². The summed E-state index contributed by atoms with van der Waals surface area (Å²) in [5, 5.41) is 6.13. The maximum absolute atomic E-state index is 13.1. The van der Waals surface area contributed by atoms with Crippen molar-refractivity contribution in [2.45, 2.75) is 57.7 Å². The zero-order valence-electron chi connectivity index (χ0n) is 16.7. The Balaban J connectivity index is 1.40. The predicted octanol–water partition coefficient (Wildman–Crippen LogP) is 4.40. The van der Waals surface area contributed by atoms with Crippen LogP contribution in [0.4, 0.5) is 14.9 Å². The van der Waals surface area contributed by atoms with Gasteiger partial charge < -0.3 is 15.5 Å². The molecule has 5 nitrogen and oxygen atoms in total. The molecule has 0 spiro atoms. The lowest BCUT2D eigenvalue weighted by molar-refractivity contribution is 0.0891. The van der Waals surface area contributed by atoms with E-state index in [0.29, 0.717) is 5.56 Å². The van der Waals surface area contributed by atoms with Crippen LogP contribution in [0, 0.1) is 19.7 Å². The number of fused-ring (bicyclic) bond motifs is 2. The maximum atomic E-state index is 13.1. The molecule has 0 aromatic heterocycles. The Hall–Kier alpha value is -2.89. The summed E-state index contributed by atoms with van der Waals surface area (Å²) >= 11 is 0. The SMILES string of the molecule is Cc1ccc(C)c(NC(=O)N2C3CCC2CC(NC(=O)c2ccc(F)cc2)C3)c1. The molecule has 2 saturated heterocycles. The van der Waals surface area contributed by atoms with Crippen LogP contribution in [0.2, 0.25) is 0 Å². The Morgan fingerprint density at radius 2 is 1.66 bits per heavy atom. The van der Waals surface area contributed by atoms with Gasteiger partial charge in [-0.05, 0) is 81.0 Å². The van der Waals surface area contributed by atoms with Crippen molar-refractivity contribution in [1.29, 1.82) is 0 Å². The number of carbonyl (C=O) groups is 2. The third-order valence-electron chi connectivity index (χ3n) is 6.04. The Morgan fingerprint density at radius 3 is 2.31 bits per heavy atom. The summed E-state index contributed by atoms with van der Waals surface area (Å²) in [6.07, 6.45) is 3.38. The minimum Gasteiger partial charge on any atom is -0.349 e. The van der Waals surface area contributed by atoms with Crippen molar-refractivity contribution < 1.29 is 14.0 Å². The van der Waals surface area contributed by atoms with Crippen molar-refractivity contribution in [1.82, 2.24) is 10.2 Å². The van der Waals surface area contributed by atoms with Gasteiger partial charge >= 0.3 is 6.03 Å². The first-order valence-corrected chi connectivity index (χ1v) is 10.1. The van der Waals surface area contributed by atoms with Crippen LogP contribution in [-0.2, 0) is 0 Å². The third-order valence-corrected chi connectivity index (χ3v) is 6.04. The topological polar surface area (TPSA) is 61.4 Å². The number of halogens is 1. The summed E-state index contributed by atoms with van der Waals surface area (Å²) in [6, 6.07) is 11.8. The second-order valence-corrected chi connectivity index (χ2v) is 8.19. The van der Waals surface area contributed by atoms with E-state index in [9.17, 15) is 14.0 Å². The van der Waals surface area contributed by atoms with Crippen molar-refractivity contribution in [3.63, 3.8) is 0 Å². The number of rotatable bonds is 3. The lowest BCUT2D eigenvalue weighted by Gasteiger charge is -2.39. The number of nitrogens with one attached hydrogen (secondary N) is 2. The molecule has 2 aromatic rings. The van der Waals surface area contributed by atoms with Gasteiger partial charge in [0.15, 0.2) is 0 Å². The first-order chi connectivity index (χ1) is 13.9. The minimum atomic E-state index is -0.359. The summed E-state index contributed by atoms with van der Waals surface area (Å²) < 4.78 is 13.1. The lowest BCUT2D eigenvalue weighted by Crippen LogP contribution is -2.53. The molecule has 152 valence electrons. The highest BCUT2D eigenvalue weighted by atomic mass is 19.1. The first kappa shape index (κ1) is 19.4. The van der Waals surface area contributed by atoms with E-state index in [2.05, 4.69) is 10.6 Å². The molecule has 29 heavy (non-hydrogen) atoms. The molecule has 0 aliphatic carbocycles. The summed E-state index contributed by atoms with van der Waals surface area (Å²) in [5.74, 6) is -0.551. The number of carbonyl (C=O) groups excluding carboxylic acids is 2. The molecule has 2 fully saturated rings. The first-order valence-electron chi connectivity index (χ1n) is 10.1. The largest absolute Gasteiger partial charge is 0.349 e. The Kier molecular flexibility index (Phi) is 5.26. The quantitative estimate of drug-likeness (QED) is 0.809. The summed E-state index contributed by atoms with van der Waals surface area (Å²) in [5.41, 5.74) is 3.45. The van der Waals surface area contributed by atoms with Crippen LogP contribution in [-0.4, -0.2) is 35.0 Å². The molecule has 2 N–H and O–H groups in total. The lowest BCUT2D eigenvalue weighted by atomic mass is 9.97. The molecule has 0 saturated carbocycles. The number of piperidine rings is 1. The second-order valence-electron chi connectivity index (χ2n) is 8.19. The molecular weight excluding hydrogens is 369 g/mol. The zero-order chi connectivity index (χ0) is 20.5. The van der Waals surface area contributed by atoms with Crippen molar-refractivity contribution in [3.05, 3.63) is 65.0 Å². The van der Waals surface area contributed by atoms with Crippen LogP contribution < -0.4 is 10.6 Å². The molecule has 0 radical (unpaired) electrons. The van der Waals surface area contributed by atoms with E-state index in [1.54, 1.807) is 0 Å². The van der Waals surface area contributed by atoms with Gasteiger partial charge in [-0.15, -0.1) is 0 Å². The molecular formula is C23H26FN3O2. The van der Waals surface area contributed by atoms with E-state index >= 15 is 0 Å². The van der Waals surface area contributed by atoms with Gasteiger partial charge in [0.25, 0.3) is 5.91 Å². The van der Waals surface area contributed by atoms with E-state index < -0.39 is 0 Å². The summed E-state index contributed by atoms with van der Waals surface area (Å²) in [7, 11) is 0. The third kappa shape index (κ3) is 4.11. The summed E-state index contributed by atoms with van der Waals surface area (Å²) in [6.45, 7) is 4.00. The van der Waals surface area contributed by atoms with Gasteiger partial charge in [-0.25, -0.2) is 9.18 Å². The molecule has 2 atom stereocenters. The van der Waals surface area contributed by atoms with E-state index in [-0.39, 0.29) is 35.9 Å². The Morgan fingerprint density at radius 1 is 1.00 bits per heavy atom. The molecule has 3 amide bonds. The highest BCUT2D eigenvalue weighted by molar-refractivity contribution is 5.94. The smallest absolute Gasteiger partial charge is 0.322 e. The monoisotopic (exact) mass is 395 g/mol. The van der Waals surface area contributed by atoms with Gasteiger partial charge in [0, 0.05) is 29.4 Å². The van der Waals surface area contributed by atoms with Gasteiger partial charge in [-0.3, -0.25) is 4.79 Å². The van der Waals surface area contributed by atoms with E-state index in [1.807, 2.05) is 36.9 Å². The van der Waals surface area contributed by atoms with Crippen LogP contribution in [0.25, 0.3) is 0 Å². The van der Waals surface area contributed by atoms with Crippen LogP contribution in [0.5, 0.6) is 0 Å². The highest BCUT2D eigenvalue weighted by Crippen LogP contribution is 2.36. The Bertz CT molecular complexity index is 914. The average Bonchev–Trinajstić information content (AvgIpc) is 2.96. The van der Waals surface area contributed by atoms with Crippen molar-refractivity contribution in [2.75, 3.05) is 5.32 Å². The number of benzene rings is 2. The highest BCUT2D eigenvalue weighted by Gasteiger charge is 2.43. The predicted molar refractivity (Wildman–Crippen MR) is 110 cm³/mol. The fourth-order valence-electron chi connectivity index (χ4n) is 4.55. The van der Waals surface area contributed by atoms with Crippen LogP contribution >= 0.6 is 0 Å². The maximum Gasteiger partial charge on any atom is 0.322 e. The van der Waals surface area contributed by atoms with Gasteiger partial charge in [0.05, 0.1) is 0 Å². The average molecular weight is 395 g/mol. The minimum absolute atomic E-state index is 0.0230. The fourth-order valence-corrected chi connectivity index (χ4v) is 4.55. The standard InChI is InChI=1S/C23H26FN3O2/c1-14-3-4-15(2)21(11-14)26-23(29)27-19-9-10-20(27)13-18(12-19)25-22(28)16-5-7-17(24)8-6-16/h3-8,11,18-20H,9-10,12-13H2,1-2H3,(H,25,28)(H,26,29). The van der Waals surface area contributed by atoms with Crippen molar-refractivity contribution in [3.8, 4) is 0 Å². The van der Waals surface area contributed by atoms with Gasteiger partial charge in [-0.1, -0.05) is 12.1 Å². The number of amides is 3. The van der Waals surface area contributed by atoms with Gasteiger partial charge in [-0.2, -0.15) is 0 Å². The van der Waals surface area contributed by atoms with Gasteiger partial charge in [0.1, 0.15) is 5.82 Å². The fraction of sp³-hybridized carbons (Fsp3) is 0.391. The molecule has 2 aliphatic heterocycles. The number of anilines is 1. The molecule has 2 unspecified atom stereocenters. The number of hydrogen-bond acceptors (Lipinski definition) is 2. The van der Waals surface area contributed by atoms with Crippen molar-refractivity contribution in [2.24, 2.45) is 0 Å². The Labute approximate surface area is 170 Å². The molecule has 2 aliphatic rings. The number of nitrogens with zero attached hydrogens (tertiary/aromatic N) is 1. The van der Waals surface area contributed by atoms with Crippen molar-refractivity contribution >= 4 is 17.6 Å². The number of hydrogen-bond donors (Lipinski definition) is 2. The molecule has 2 bridgehead atoms. The number of aryl methyl sites for hydroxylation is 2. The normalized spacial score (nSPS) is 23.0. The second kappa shape index (κ2) is 7.85. The zero-order valence-corrected chi connectivity index (χ0v) is 16.7. The van der Waals surface area contributed by atoms with Crippen LogP contribution in [0.1, 0.15) is 47.2 Å². The number of urea groups is 1. The van der Waals surface area contributed by atoms with Crippen LogP contribution in [0.15, 0.2) is 42.5 Å². The summed E-state index contributed by atoms with van der Waals surface area (Å²) in [4.78, 5) is 27.4. The van der Waals surface area contributed by atoms with E-state index in [1.165, 1.54) is 24.3 Å². The molecule has 6 heteroatoms. The van der Waals surface area contributed by atoms with Gasteiger partial charge in [0.2, 0.25) is 0 Å². The molecule has 2 heterocycles.